The maximum Gasteiger partial charge on any atom is 0.191 e. The van der Waals surface area contributed by atoms with Gasteiger partial charge in [0.15, 0.2) is 5.96 Å². The second-order valence-corrected chi connectivity index (χ2v) is 6.33. The normalized spacial score (nSPS) is 12.2. The van der Waals surface area contributed by atoms with Crippen LogP contribution in [0.25, 0.3) is 0 Å². The molecule has 0 amide bonds. The van der Waals surface area contributed by atoms with E-state index in [1.54, 1.807) is 0 Å². The maximum absolute atomic E-state index is 4.66. The molecule has 0 radical (unpaired) electrons. The van der Waals surface area contributed by atoms with Gasteiger partial charge in [-0.15, -0.1) is 24.0 Å². The molecule has 128 valence electrons. The Hall–Kier alpha value is -0.0400. The maximum atomic E-state index is 4.66. The quantitative estimate of drug-likeness (QED) is 0.264. The van der Waals surface area contributed by atoms with Crippen molar-refractivity contribution in [2.75, 3.05) is 32.7 Å². The van der Waals surface area contributed by atoms with Crippen LogP contribution >= 0.6 is 24.0 Å². The predicted octanol–water partition coefficient (Wildman–Crippen LogP) is 3.47. The first kappa shape index (κ1) is 23.2. The number of rotatable bonds is 9. The highest BCUT2D eigenvalue weighted by Crippen LogP contribution is 1.99. The molecule has 0 aliphatic carbocycles. The molecule has 0 saturated carbocycles. The number of hydrogen-bond donors (Lipinski definition) is 2. The van der Waals surface area contributed by atoms with Gasteiger partial charge in [-0.05, 0) is 66.6 Å². The van der Waals surface area contributed by atoms with Gasteiger partial charge in [-0.2, -0.15) is 0 Å². The number of nitrogens with zero attached hydrogens (tertiary/aromatic N) is 2. The first-order valence-corrected chi connectivity index (χ1v) is 8.21. The molecule has 0 rings (SSSR count). The molecule has 0 bridgehead atoms. The molecule has 4 nitrogen and oxygen atoms in total. The van der Waals surface area contributed by atoms with Crippen molar-refractivity contribution in [2.45, 2.75) is 66.3 Å². The summed E-state index contributed by atoms with van der Waals surface area (Å²) in [6.07, 6.45) is 3.59. The monoisotopic (exact) mass is 412 g/mol. The van der Waals surface area contributed by atoms with Crippen molar-refractivity contribution in [3.8, 4) is 0 Å². The van der Waals surface area contributed by atoms with Crippen molar-refractivity contribution in [3.05, 3.63) is 0 Å². The third-order valence-corrected chi connectivity index (χ3v) is 2.82. The van der Waals surface area contributed by atoms with Crippen LogP contribution in [0, 0.1) is 0 Å². The Bertz CT molecular complexity index is 255. The van der Waals surface area contributed by atoms with Crippen LogP contribution in [0.4, 0.5) is 0 Å². The smallest absolute Gasteiger partial charge is 0.191 e. The van der Waals surface area contributed by atoms with Gasteiger partial charge in [-0.1, -0.05) is 13.8 Å². The summed E-state index contributed by atoms with van der Waals surface area (Å²) in [5, 5.41) is 6.72. The Morgan fingerprint density at radius 1 is 1.00 bits per heavy atom. The van der Waals surface area contributed by atoms with Gasteiger partial charge in [-0.25, -0.2) is 0 Å². The average molecular weight is 412 g/mol. The zero-order valence-corrected chi connectivity index (χ0v) is 17.3. The van der Waals surface area contributed by atoms with E-state index in [1.165, 1.54) is 25.9 Å². The zero-order chi connectivity index (χ0) is 15.4. The van der Waals surface area contributed by atoms with Crippen molar-refractivity contribution >= 4 is 29.9 Å². The molecule has 21 heavy (non-hydrogen) atoms. The van der Waals surface area contributed by atoms with Crippen LogP contribution in [0.3, 0.4) is 0 Å². The van der Waals surface area contributed by atoms with Crippen LogP contribution in [0.5, 0.6) is 0 Å². The summed E-state index contributed by atoms with van der Waals surface area (Å²) in [5.74, 6) is 0.928. The number of halogens is 1. The molecule has 0 unspecified atom stereocenters. The van der Waals surface area contributed by atoms with E-state index in [0.29, 0.717) is 0 Å². The van der Waals surface area contributed by atoms with E-state index in [0.717, 1.165) is 32.0 Å². The predicted molar refractivity (Wildman–Crippen MR) is 106 cm³/mol. The van der Waals surface area contributed by atoms with Crippen molar-refractivity contribution in [1.82, 2.24) is 15.5 Å². The molecule has 0 spiro atoms. The molecular formula is C16H37IN4. The van der Waals surface area contributed by atoms with E-state index in [-0.39, 0.29) is 29.5 Å². The highest BCUT2D eigenvalue weighted by Gasteiger charge is 2.11. The van der Waals surface area contributed by atoms with Crippen molar-refractivity contribution in [1.29, 1.82) is 0 Å². The van der Waals surface area contributed by atoms with Crippen molar-refractivity contribution in [2.24, 2.45) is 4.99 Å². The van der Waals surface area contributed by atoms with Gasteiger partial charge in [0.1, 0.15) is 0 Å². The summed E-state index contributed by atoms with van der Waals surface area (Å²) in [5.41, 5.74) is 0.0530. The first-order chi connectivity index (χ1) is 9.42. The fourth-order valence-electron chi connectivity index (χ4n) is 2.12. The summed E-state index contributed by atoms with van der Waals surface area (Å²) in [6, 6.07) is 0. The molecular weight excluding hydrogens is 375 g/mol. The molecule has 0 saturated heterocycles. The van der Waals surface area contributed by atoms with Crippen molar-refractivity contribution < 1.29 is 0 Å². The van der Waals surface area contributed by atoms with E-state index in [2.05, 4.69) is 62.1 Å². The zero-order valence-electron chi connectivity index (χ0n) is 15.0. The SMILES string of the molecule is CCCN(CCC)CCCN=C(NCC)NC(C)(C)C.I. The largest absolute Gasteiger partial charge is 0.357 e. The Kier molecular flexibility index (Phi) is 15.1. The Morgan fingerprint density at radius 3 is 2.00 bits per heavy atom. The minimum Gasteiger partial charge on any atom is -0.357 e. The van der Waals surface area contributed by atoms with E-state index in [4.69, 9.17) is 0 Å². The summed E-state index contributed by atoms with van der Waals surface area (Å²) in [7, 11) is 0. The van der Waals surface area contributed by atoms with Gasteiger partial charge in [0, 0.05) is 18.6 Å². The average Bonchev–Trinajstić information content (AvgIpc) is 2.33. The Labute approximate surface area is 149 Å². The molecule has 0 atom stereocenters. The lowest BCUT2D eigenvalue weighted by molar-refractivity contribution is 0.273. The second kappa shape index (κ2) is 13.6. The fourth-order valence-corrected chi connectivity index (χ4v) is 2.12. The third-order valence-electron chi connectivity index (χ3n) is 2.82. The molecule has 2 N–H and O–H groups in total. The number of nitrogens with one attached hydrogen (secondary N) is 2. The molecule has 0 heterocycles. The van der Waals surface area contributed by atoms with Gasteiger partial charge in [-0.3, -0.25) is 4.99 Å². The Morgan fingerprint density at radius 2 is 1.57 bits per heavy atom. The fraction of sp³-hybridized carbons (Fsp3) is 0.938. The molecule has 0 aromatic heterocycles. The number of hydrogen-bond acceptors (Lipinski definition) is 2. The minimum atomic E-state index is 0. The van der Waals surface area contributed by atoms with Crippen LogP contribution in [0.15, 0.2) is 4.99 Å². The van der Waals surface area contributed by atoms with Gasteiger partial charge in [0.2, 0.25) is 0 Å². The van der Waals surface area contributed by atoms with Gasteiger partial charge < -0.3 is 15.5 Å². The van der Waals surface area contributed by atoms with Crippen LogP contribution in [0.2, 0.25) is 0 Å². The Balaban J connectivity index is 0. The van der Waals surface area contributed by atoms with Crippen LogP contribution < -0.4 is 10.6 Å². The highest BCUT2D eigenvalue weighted by molar-refractivity contribution is 14.0. The molecule has 0 aromatic rings. The molecule has 5 heteroatoms. The van der Waals surface area contributed by atoms with Gasteiger partial charge in [0.05, 0.1) is 0 Å². The van der Waals surface area contributed by atoms with E-state index >= 15 is 0 Å². The standard InChI is InChI=1S/C16H36N4.HI/c1-7-12-20(13-8-2)14-10-11-18-15(17-9-3)19-16(4,5)6;/h7-14H2,1-6H3,(H2,17,18,19);1H. The van der Waals surface area contributed by atoms with E-state index < -0.39 is 0 Å². The van der Waals surface area contributed by atoms with Crippen LogP contribution in [-0.4, -0.2) is 49.1 Å². The highest BCUT2D eigenvalue weighted by atomic mass is 127. The summed E-state index contributed by atoms with van der Waals surface area (Å²) < 4.78 is 0. The lowest BCUT2D eigenvalue weighted by atomic mass is 10.1. The lowest BCUT2D eigenvalue weighted by Crippen LogP contribution is -2.47. The van der Waals surface area contributed by atoms with Crippen LogP contribution in [-0.2, 0) is 0 Å². The van der Waals surface area contributed by atoms with Gasteiger partial charge in [0.25, 0.3) is 0 Å². The van der Waals surface area contributed by atoms with Crippen LogP contribution in [0.1, 0.15) is 60.8 Å². The van der Waals surface area contributed by atoms with Crippen molar-refractivity contribution in [3.63, 3.8) is 0 Å². The number of aliphatic imine (C=N–C) groups is 1. The topological polar surface area (TPSA) is 39.7 Å². The van der Waals surface area contributed by atoms with E-state index in [9.17, 15) is 0 Å². The molecule has 0 fully saturated rings. The number of guanidine groups is 1. The lowest BCUT2D eigenvalue weighted by Gasteiger charge is -2.24. The summed E-state index contributed by atoms with van der Waals surface area (Å²) in [6.45, 7) is 18.4. The molecule has 0 aromatic carbocycles. The minimum absolute atomic E-state index is 0. The molecule has 0 aliphatic rings. The molecule has 0 aliphatic heterocycles. The second-order valence-electron chi connectivity index (χ2n) is 6.33. The summed E-state index contributed by atoms with van der Waals surface area (Å²) >= 11 is 0. The van der Waals surface area contributed by atoms with E-state index in [1.807, 2.05) is 0 Å². The summed E-state index contributed by atoms with van der Waals surface area (Å²) in [4.78, 5) is 7.20. The third kappa shape index (κ3) is 14.7. The first-order valence-electron chi connectivity index (χ1n) is 8.21. The van der Waals surface area contributed by atoms with Gasteiger partial charge >= 0.3 is 0 Å².